The van der Waals surface area contributed by atoms with Crippen LogP contribution in [-0.4, -0.2) is 0 Å². The van der Waals surface area contributed by atoms with Crippen LogP contribution in [0.15, 0.2) is 35.5 Å². The van der Waals surface area contributed by atoms with Crippen LogP contribution in [0.1, 0.15) is 92.4 Å². The minimum Gasteiger partial charge on any atom is -0.0859 e. The third-order valence-corrected chi connectivity index (χ3v) is 9.59. The van der Waals surface area contributed by atoms with Gasteiger partial charge in [-0.2, -0.15) is 0 Å². The first-order valence-electron chi connectivity index (χ1n) is 11.9. The zero-order valence-corrected chi connectivity index (χ0v) is 18.6. The van der Waals surface area contributed by atoms with Crippen LogP contribution in [0.2, 0.25) is 0 Å². The summed E-state index contributed by atoms with van der Waals surface area (Å²) in [5, 5.41) is 0. The number of allylic oxidation sites excluding steroid dienone is 6. The van der Waals surface area contributed by atoms with Crippen molar-refractivity contribution in [3.63, 3.8) is 0 Å². The average Bonchev–Trinajstić information content (AvgIpc) is 2.98. The third kappa shape index (κ3) is 3.20. The van der Waals surface area contributed by atoms with Gasteiger partial charge in [0.15, 0.2) is 0 Å². The van der Waals surface area contributed by atoms with Crippen LogP contribution in [0, 0.1) is 40.4 Å². The highest BCUT2D eigenvalue weighted by atomic mass is 14.6. The molecule has 7 atom stereocenters. The molecule has 7 unspecified atom stereocenters. The Labute approximate surface area is 168 Å². The predicted octanol–water partition coefficient (Wildman–Crippen LogP) is 8.11. The van der Waals surface area contributed by atoms with Crippen LogP contribution in [0.5, 0.6) is 0 Å². The summed E-state index contributed by atoms with van der Waals surface area (Å²) in [6.07, 6.45) is 22.7. The fraction of sp³-hybridized carbons (Fsp3) is 0.778. The van der Waals surface area contributed by atoms with E-state index in [9.17, 15) is 0 Å². The number of rotatable bonds is 4. The molecule has 0 bridgehead atoms. The van der Waals surface area contributed by atoms with Crippen molar-refractivity contribution in [2.24, 2.45) is 40.4 Å². The molecule has 0 aliphatic heterocycles. The molecule has 0 nitrogen and oxygen atoms in total. The van der Waals surface area contributed by atoms with Gasteiger partial charge in [0.25, 0.3) is 0 Å². The minimum atomic E-state index is 0.478. The van der Waals surface area contributed by atoms with E-state index >= 15 is 0 Å². The molecule has 2 fully saturated rings. The summed E-state index contributed by atoms with van der Waals surface area (Å²) in [5.41, 5.74) is 4.25. The summed E-state index contributed by atoms with van der Waals surface area (Å²) >= 11 is 0. The molecule has 0 aromatic carbocycles. The van der Waals surface area contributed by atoms with Crippen molar-refractivity contribution in [2.45, 2.75) is 92.4 Å². The van der Waals surface area contributed by atoms with E-state index in [2.05, 4.69) is 58.9 Å². The van der Waals surface area contributed by atoms with E-state index in [0.717, 1.165) is 29.6 Å². The van der Waals surface area contributed by atoms with Gasteiger partial charge >= 0.3 is 0 Å². The van der Waals surface area contributed by atoms with Crippen LogP contribution < -0.4 is 0 Å². The summed E-state index contributed by atoms with van der Waals surface area (Å²) in [6, 6.07) is 0. The topological polar surface area (TPSA) is 0 Å². The number of fused-ring (bicyclic) bond motifs is 5. The Morgan fingerprint density at radius 1 is 1.15 bits per heavy atom. The van der Waals surface area contributed by atoms with Crippen molar-refractivity contribution in [3.05, 3.63) is 35.5 Å². The van der Waals surface area contributed by atoms with Crippen LogP contribution in [0.25, 0.3) is 0 Å². The first-order valence-corrected chi connectivity index (χ1v) is 11.9. The molecule has 0 amide bonds. The van der Waals surface area contributed by atoms with E-state index < -0.39 is 0 Å². The lowest BCUT2D eigenvalue weighted by atomic mass is 9.47. The fourth-order valence-corrected chi connectivity index (χ4v) is 8.11. The van der Waals surface area contributed by atoms with Gasteiger partial charge < -0.3 is 0 Å². The molecule has 4 aliphatic rings. The Kier molecular flexibility index (Phi) is 5.23. The Bertz CT molecular complexity index is 645. The van der Waals surface area contributed by atoms with E-state index in [1.54, 1.807) is 5.57 Å². The van der Waals surface area contributed by atoms with Gasteiger partial charge in [0.2, 0.25) is 0 Å². The Morgan fingerprint density at radius 3 is 2.74 bits per heavy atom. The van der Waals surface area contributed by atoms with Crippen LogP contribution in [0.4, 0.5) is 0 Å². The van der Waals surface area contributed by atoms with Crippen LogP contribution >= 0.6 is 0 Å². The van der Waals surface area contributed by atoms with E-state index in [4.69, 9.17) is 0 Å². The summed E-state index contributed by atoms with van der Waals surface area (Å²) < 4.78 is 0. The molecule has 0 saturated heterocycles. The summed E-state index contributed by atoms with van der Waals surface area (Å²) in [4.78, 5) is 0. The maximum atomic E-state index is 2.70. The zero-order chi connectivity index (χ0) is 19.2. The standard InChI is InChI=1S/C27H42/c1-19(2)9-8-10-20(3)23-14-15-24-22-13-12-21-11-6-7-17-26(21,4)25(22)16-18-27(23,24)5/h6,9,11-12,20,22-25H,7-8,10,13-18H2,1-5H3. The highest BCUT2D eigenvalue weighted by molar-refractivity contribution is 5.34. The van der Waals surface area contributed by atoms with E-state index in [1.807, 2.05) is 0 Å². The predicted molar refractivity (Wildman–Crippen MR) is 118 cm³/mol. The van der Waals surface area contributed by atoms with Crippen molar-refractivity contribution in [3.8, 4) is 0 Å². The molecule has 0 N–H and O–H groups in total. The lowest BCUT2D eigenvalue weighted by molar-refractivity contribution is -0.0448. The minimum absolute atomic E-state index is 0.478. The Hall–Kier alpha value is -0.780. The van der Waals surface area contributed by atoms with Crippen molar-refractivity contribution < 1.29 is 0 Å². The van der Waals surface area contributed by atoms with Crippen molar-refractivity contribution in [2.75, 3.05) is 0 Å². The van der Waals surface area contributed by atoms with Gasteiger partial charge in [-0.3, -0.25) is 0 Å². The molecule has 4 rings (SSSR count). The van der Waals surface area contributed by atoms with Crippen molar-refractivity contribution in [1.82, 2.24) is 0 Å². The molecule has 0 radical (unpaired) electrons. The zero-order valence-electron chi connectivity index (χ0n) is 18.6. The average molecular weight is 367 g/mol. The van der Waals surface area contributed by atoms with E-state index in [-0.39, 0.29) is 0 Å². The molecule has 4 aliphatic carbocycles. The second-order valence-corrected chi connectivity index (χ2v) is 11.2. The molecular weight excluding hydrogens is 324 g/mol. The normalized spacial score (nSPS) is 44.0. The summed E-state index contributed by atoms with van der Waals surface area (Å²) in [7, 11) is 0. The van der Waals surface area contributed by atoms with Crippen molar-refractivity contribution in [1.29, 1.82) is 0 Å². The van der Waals surface area contributed by atoms with Gasteiger partial charge in [0, 0.05) is 0 Å². The molecule has 0 heteroatoms. The maximum Gasteiger partial charge on any atom is -0.00445 e. The molecule has 150 valence electrons. The molecule has 0 aromatic heterocycles. The SMILES string of the molecule is CC(C)=CCCC(C)C1CCC2C3CC=C4C=CCCC4(C)C3CCC12C. The quantitative estimate of drug-likeness (QED) is 0.441. The number of hydrogen-bond donors (Lipinski definition) is 0. The monoisotopic (exact) mass is 366 g/mol. The molecule has 0 heterocycles. The van der Waals surface area contributed by atoms with Gasteiger partial charge in [-0.05, 0) is 118 Å². The van der Waals surface area contributed by atoms with E-state index in [0.29, 0.717) is 10.8 Å². The largest absolute Gasteiger partial charge is 0.0859 e. The van der Waals surface area contributed by atoms with Gasteiger partial charge in [-0.1, -0.05) is 50.6 Å². The van der Waals surface area contributed by atoms with Gasteiger partial charge in [-0.15, -0.1) is 0 Å². The molecule has 2 saturated carbocycles. The smallest absolute Gasteiger partial charge is 0.00445 e. The highest BCUT2D eigenvalue weighted by Crippen LogP contribution is 2.66. The lowest BCUT2D eigenvalue weighted by Gasteiger charge is -2.57. The van der Waals surface area contributed by atoms with Gasteiger partial charge in [0.05, 0.1) is 0 Å². The van der Waals surface area contributed by atoms with Gasteiger partial charge in [0.1, 0.15) is 0 Å². The summed E-state index contributed by atoms with van der Waals surface area (Å²) in [5.74, 6) is 4.72. The van der Waals surface area contributed by atoms with Crippen LogP contribution in [0.3, 0.4) is 0 Å². The maximum absolute atomic E-state index is 2.70. The highest BCUT2D eigenvalue weighted by Gasteiger charge is 2.58. The first kappa shape index (κ1) is 19.5. The number of hydrogen-bond acceptors (Lipinski definition) is 0. The summed E-state index contributed by atoms with van der Waals surface area (Å²) in [6.45, 7) is 12.4. The van der Waals surface area contributed by atoms with Crippen LogP contribution in [-0.2, 0) is 0 Å². The Balaban J connectivity index is 1.52. The Morgan fingerprint density at radius 2 is 1.96 bits per heavy atom. The molecular formula is C27H42. The molecule has 0 spiro atoms. The second kappa shape index (κ2) is 7.23. The molecule has 27 heavy (non-hydrogen) atoms. The fourth-order valence-electron chi connectivity index (χ4n) is 8.11. The second-order valence-electron chi connectivity index (χ2n) is 11.2. The van der Waals surface area contributed by atoms with Gasteiger partial charge in [-0.25, -0.2) is 0 Å². The third-order valence-electron chi connectivity index (χ3n) is 9.59. The first-order chi connectivity index (χ1) is 12.9. The van der Waals surface area contributed by atoms with Crippen molar-refractivity contribution >= 4 is 0 Å². The molecule has 0 aromatic rings. The lowest BCUT2D eigenvalue weighted by Crippen LogP contribution is -2.49. The van der Waals surface area contributed by atoms with E-state index in [1.165, 1.54) is 63.4 Å².